The summed E-state index contributed by atoms with van der Waals surface area (Å²) in [5.74, 6) is 0. The van der Waals surface area contributed by atoms with Crippen LogP contribution in [-0.2, 0) is 0 Å². The molecule has 1 aromatic heterocycles. The van der Waals surface area contributed by atoms with Crippen molar-refractivity contribution in [3.8, 4) is 0 Å². The second kappa shape index (κ2) is 4.15. The average molecular weight is 230 g/mol. The quantitative estimate of drug-likeness (QED) is 0.706. The van der Waals surface area contributed by atoms with Gasteiger partial charge in [-0.2, -0.15) is 0 Å². The minimum Gasteiger partial charge on any atom is -0.243 e. The Labute approximate surface area is 82.5 Å². The molecule has 0 N–H and O–H groups in total. The summed E-state index contributed by atoms with van der Waals surface area (Å²) in [6.07, 6.45) is -4.52. The summed E-state index contributed by atoms with van der Waals surface area (Å²) in [6, 6.07) is 1.04. The van der Waals surface area contributed by atoms with Crippen molar-refractivity contribution in [2.75, 3.05) is 0 Å². The Hall–Kier alpha value is -0.480. The molecule has 0 aliphatic heterocycles. The number of hydrogen-bond donors (Lipinski definition) is 0. The molecule has 0 aliphatic rings. The first-order valence-electron chi connectivity index (χ1n) is 3.25. The maximum absolute atomic E-state index is 12.7. The van der Waals surface area contributed by atoms with E-state index in [9.17, 15) is 13.2 Å². The molecule has 0 amide bonds. The Bertz CT molecular complexity index is 306. The highest BCUT2D eigenvalue weighted by atomic mass is 35.5. The Balaban J connectivity index is 2.97. The van der Waals surface area contributed by atoms with Gasteiger partial charge in [0.15, 0.2) is 6.17 Å². The maximum Gasteiger partial charge on any atom is 0.273 e. The topological polar surface area (TPSA) is 12.9 Å². The standard InChI is InChI=1S/C7H4Cl2F3N/c8-4-1-3(2-13-6(4)9)5(10)7(11)12/h1-2,5,7H. The number of hydrogen-bond acceptors (Lipinski definition) is 1. The number of nitrogens with zero attached hydrogens (tertiary/aromatic N) is 1. The van der Waals surface area contributed by atoms with E-state index in [4.69, 9.17) is 23.2 Å². The fourth-order valence-corrected chi connectivity index (χ4v) is 1.01. The van der Waals surface area contributed by atoms with Gasteiger partial charge in [0.1, 0.15) is 5.15 Å². The predicted octanol–water partition coefficient (Wildman–Crippen LogP) is 3.66. The van der Waals surface area contributed by atoms with E-state index in [1.807, 2.05) is 0 Å². The third kappa shape index (κ3) is 2.48. The van der Waals surface area contributed by atoms with Crippen LogP contribution in [-0.4, -0.2) is 11.4 Å². The molecule has 0 fully saturated rings. The molecule has 0 aliphatic carbocycles. The summed E-state index contributed by atoms with van der Waals surface area (Å²) in [4.78, 5) is 3.44. The van der Waals surface area contributed by atoms with Crippen LogP contribution in [0.5, 0.6) is 0 Å². The molecule has 1 rings (SSSR count). The molecule has 1 aromatic rings. The van der Waals surface area contributed by atoms with Crippen LogP contribution in [0.25, 0.3) is 0 Å². The van der Waals surface area contributed by atoms with Crippen LogP contribution in [0.4, 0.5) is 13.2 Å². The first kappa shape index (κ1) is 10.6. The van der Waals surface area contributed by atoms with Gasteiger partial charge in [0.25, 0.3) is 6.43 Å². The van der Waals surface area contributed by atoms with E-state index in [2.05, 4.69) is 4.98 Å². The third-order valence-corrected chi connectivity index (χ3v) is 2.04. The van der Waals surface area contributed by atoms with E-state index in [1.54, 1.807) is 0 Å². The Morgan fingerprint density at radius 2 is 1.85 bits per heavy atom. The summed E-state index contributed by atoms with van der Waals surface area (Å²) in [5, 5.41) is -0.0747. The van der Waals surface area contributed by atoms with Crippen molar-refractivity contribution in [2.24, 2.45) is 0 Å². The Kier molecular flexibility index (Phi) is 3.39. The molecule has 0 saturated carbocycles. The summed E-state index contributed by atoms with van der Waals surface area (Å²) in [7, 11) is 0. The Morgan fingerprint density at radius 3 is 2.31 bits per heavy atom. The molecule has 0 spiro atoms. The zero-order chi connectivity index (χ0) is 10.0. The monoisotopic (exact) mass is 229 g/mol. The van der Waals surface area contributed by atoms with E-state index < -0.39 is 12.6 Å². The minimum absolute atomic E-state index is 0.0353. The lowest BCUT2D eigenvalue weighted by atomic mass is 10.2. The molecule has 1 heterocycles. The maximum atomic E-state index is 12.7. The molecule has 1 unspecified atom stereocenters. The molecule has 0 radical (unpaired) electrons. The van der Waals surface area contributed by atoms with Gasteiger partial charge in [-0.1, -0.05) is 23.2 Å². The van der Waals surface area contributed by atoms with E-state index in [0.717, 1.165) is 12.3 Å². The lowest BCUT2D eigenvalue weighted by molar-refractivity contribution is 0.0494. The van der Waals surface area contributed by atoms with Gasteiger partial charge in [-0.3, -0.25) is 0 Å². The lowest BCUT2D eigenvalue weighted by Crippen LogP contribution is -2.03. The van der Waals surface area contributed by atoms with Gasteiger partial charge in [-0.05, 0) is 6.07 Å². The van der Waals surface area contributed by atoms with Crippen molar-refractivity contribution in [3.63, 3.8) is 0 Å². The van der Waals surface area contributed by atoms with Gasteiger partial charge >= 0.3 is 0 Å². The average Bonchev–Trinajstić information content (AvgIpc) is 2.08. The lowest BCUT2D eigenvalue weighted by Gasteiger charge is -2.06. The number of rotatable bonds is 2. The zero-order valence-corrected chi connectivity index (χ0v) is 7.66. The highest BCUT2D eigenvalue weighted by Crippen LogP contribution is 2.28. The van der Waals surface area contributed by atoms with Crippen molar-refractivity contribution >= 4 is 23.2 Å². The Morgan fingerprint density at radius 1 is 1.23 bits per heavy atom. The van der Waals surface area contributed by atoms with Gasteiger partial charge in [-0.15, -0.1) is 0 Å². The molecule has 13 heavy (non-hydrogen) atoms. The van der Waals surface area contributed by atoms with Crippen LogP contribution in [0.1, 0.15) is 11.7 Å². The summed E-state index contributed by atoms with van der Waals surface area (Å²) < 4.78 is 36.4. The fraction of sp³-hybridized carbons (Fsp3) is 0.286. The van der Waals surface area contributed by atoms with E-state index in [1.165, 1.54) is 0 Å². The van der Waals surface area contributed by atoms with Gasteiger partial charge < -0.3 is 0 Å². The van der Waals surface area contributed by atoms with Crippen LogP contribution >= 0.6 is 23.2 Å². The van der Waals surface area contributed by atoms with Crippen molar-refractivity contribution in [3.05, 3.63) is 28.0 Å². The number of halogens is 5. The van der Waals surface area contributed by atoms with Crippen LogP contribution in [0.2, 0.25) is 10.2 Å². The second-order valence-corrected chi connectivity index (χ2v) is 3.04. The van der Waals surface area contributed by atoms with Crippen molar-refractivity contribution in [2.45, 2.75) is 12.6 Å². The summed E-state index contributed by atoms with van der Waals surface area (Å²) in [5.41, 5.74) is -0.274. The molecular formula is C7H4Cl2F3N. The van der Waals surface area contributed by atoms with Crippen LogP contribution in [0, 0.1) is 0 Å². The molecule has 72 valence electrons. The van der Waals surface area contributed by atoms with Crippen molar-refractivity contribution in [1.82, 2.24) is 4.98 Å². The van der Waals surface area contributed by atoms with Crippen LogP contribution < -0.4 is 0 Å². The molecule has 6 heteroatoms. The van der Waals surface area contributed by atoms with E-state index >= 15 is 0 Å². The van der Waals surface area contributed by atoms with Gasteiger partial charge in [0, 0.05) is 11.8 Å². The van der Waals surface area contributed by atoms with E-state index in [-0.39, 0.29) is 15.7 Å². The normalized spacial score (nSPS) is 13.4. The van der Waals surface area contributed by atoms with Gasteiger partial charge in [-0.25, -0.2) is 18.2 Å². The van der Waals surface area contributed by atoms with Gasteiger partial charge in [0.05, 0.1) is 5.02 Å². The highest BCUT2D eigenvalue weighted by molar-refractivity contribution is 6.41. The molecule has 0 aromatic carbocycles. The second-order valence-electron chi connectivity index (χ2n) is 2.28. The number of pyridine rings is 1. The molecule has 1 nitrogen and oxygen atoms in total. The smallest absolute Gasteiger partial charge is 0.243 e. The molecule has 0 bridgehead atoms. The first-order chi connectivity index (χ1) is 6.02. The fourth-order valence-electron chi connectivity index (χ4n) is 0.732. The number of alkyl halides is 3. The SMILES string of the molecule is FC(F)C(F)c1cnc(Cl)c(Cl)c1. The largest absolute Gasteiger partial charge is 0.273 e. The summed E-state index contributed by atoms with van der Waals surface area (Å²) in [6.45, 7) is 0. The van der Waals surface area contributed by atoms with Crippen molar-refractivity contribution < 1.29 is 13.2 Å². The predicted molar refractivity (Wildman–Crippen MR) is 44.1 cm³/mol. The number of aromatic nitrogens is 1. The highest BCUT2D eigenvalue weighted by Gasteiger charge is 2.22. The summed E-state index contributed by atoms with van der Waals surface area (Å²) >= 11 is 10.9. The molecule has 1 atom stereocenters. The molecule has 0 saturated heterocycles. The first-order valence-corrected chi connectivity index (χ1v) is 4.01. The van der Waals surface area contributed by atoms with Crippen molar-refractivity contribution in [1.29, 1.82) is 0 Å². The van der Waals surface area contributed by atoms with Crippen LogP contribution in [0.3, 0.4) is 0 Å². The van der Waals surface area contributed by atoms with Crippen LogP contribution in [0.15, 0.2) is 12.3 Å². The van der Waals surface area contributed by atoms with E-state index in [0.29, 0.717) is 0 Å². The minimum atomic E-state index is -3.08. The van der Waals surface area contributed by atoms with Gasteiger partial charge in [0.2, 0.25) is 0 Å². The zero-order valence-electron chi connectivity index (χ0n) is 6.15. The molecular weight excluding hydrogens is 226 g/mol. The third-order valence-electron chi connectivity index (χ3n) is 1.36.